The van der Waals surface area contributed by atoms with Crippen LogP contribution >= 0.6 is 0 Å². The maximum absolute atomic E-state index is 11.0. The Labute approximate surface area is 247 Å². The number of ether oxygens (including phenoxy) is 1. The zero-order chi connectivity index (χ0) is 29.9. The van der Waals surface area contributed by atoms with Crippen LogP contribution in [0.1, 0.15) is 77.1 Å². The second-order valence-electron chi connectivity index (χ2n) is 13.7. The van der Waals surface area contributed by atoms with Crippen molar-refractivity contribution in [3.63, 3.8) is 0 Å². The van der Waals surface area contributed by atoms with Gasteiger partial charge in [0, 0.05) is 31.2 Å². The number of rotatable bonds is 8. The van der Waals surface area contributed by atoms with E-state index >= 15 is 0 Å². The van der Waals surface area contributed by atoms with E-state index in [1.54, 1.807) is 4.57 Å². The Morgan fingerprint density at radius 1 is 1.17 bits per heavy atom. The van der Waals surface area contributed by atoms with Crippen molar-refractivity contribution in [2.45, 2.75) is 109 Å². The number of imidazole rings is 1. The third-order valence-electron chi connectivity index (χ3n) is 9.36. The molecule has 4 atom stereocenters. The fourth-order valence-corrected chi connectivity index (χ4v) is 6.79. The number of anilines is 1. The molecule has 0 amide bonds. The molecule has 0 radical (unpaired) electrons. The standard InChI is InChI=1S/C32H45N7O3/c1-17(2)38(15-24-27(40)28(41)31(42-24)39-14-18(3)26-29(33)34-16-35-30(26)39)21-11-19(12-21)7-10-25-36-22-9-8-20(32(4,5)6)13-23(22)37-25/h8-9,13-14,16-17,19,21,24,27-28,31,40-41H,7,10-12,15H2,1-6H3,(H,36,37)(H2,33,34,35). The van der Waals surface area contributed by atoms with Gasteiger partial charge in [-0.15, -0.1) is 0 Å². The summed E-state index contributed by atoms with van der Waals surface area (Å²) in [5, 5.41) is 22.8. The number of nitrogen functional groups attached to an aromatic ring is 1. The van der Waals surface area contributed by atoms with Crippen molar-refractivity contribution in [3.8, 4) is 0 Å². The predicted molar refractivity (Wildman–Crippen MR) is 164 cm³/mol. The third kappa shape index (κ3) is 5.30. The maximum Gasteiger partial charge on any atom is 0.164 e. The molecule has 1 aromatic carbocycles. The van der Waals surface area contributed by atoms with E-state index < -0.39 is 24.5 Å². The summed E-state index contributed by atoms with van der Waals surface area (Å²) in [5.41, 5.74) is 11.2. The molecule has 3 aromatic heterocycles. The summed E-state index contributed by atoms with van der Waals surface area (Å²) in [5.74, 6) is 2.09. The molecule has 6 rings (SSSR count). The van der Waals surface area contributed by atoms with Crippen molar-refractivity contribution in [3.05, 3.63) is 47.7 Å². The Morgan fingerprint density at radius 3 is 2.64 bits per heavy atom. The molecule has 226 valence electrons. The van der Waals surface area contributed by atoms with Gasteiger partial charge < -0.3 is 30.2 Å². The summed E-state index contributed by atoms with van der Waals surface area (Å²) in [6.07, 6.45) is 4.19. The molecule has 1 aliphatic carbocycles. The number of benzene rings is 1. The van der Waals surface area contributed by atoms with Crippen molar-refractivity contribution in [2.24, 2.45) is 5.92 Å². The smallest absolute Gasteiger partial charge is 0.164 e. The number of aliphatic hydroxyl groups is 2. The number of H-pyrrole nitrogens is 1. The minimum absolute atomic E-state index is 0.112. The van der Waals surface area contributed by atoms with E-state index in [0.29, 0.717) is 30.0 Å². The molecule has 42 heavy (non-hydrogen) atoms. The van der Waals surface area contributed by atoms with E-state index in [4.69, 9.17) is 15.5 Å². The molecule has 4 heterocycles. The molecule has 4 aromatic rings. The fraction of sp³-hybridized carbons (Fsp3) is 0.594. The Bertz CT molecular complexity index is 1570. The minimum atomic E-state index is -1.08. The topological polar surface area (TPSA) is 138 Å². The average molecular weight is 576 g/mol. The third-order valence-corrected chi connectivity index (χ3v) is 9.36. The number of hydrogen-bond acceptors (Lipinski definition) is 8. The second kappa shape index (κ2) is 10.9. The number of nitrogens with two attached hydrogens (primary N) is 1. The van der Waals surface area contributed by atoms with E-state index in [-0.39, 0.29) is 11.5 Å². The van der Waals surface area contributed by atoms with Gasteiger partial charge in [-0.1, -0.05) is 26.8 Å². The molecular formula is C32H45N7O3. The van der Waals surface area contributed by atoms with Gasteiger partial charge >= 0.3 is 0 Å². The Kier molecular flexibility index (Phi) is 7.54. The van der Waals surface area contributed by atoms with Gasteiger partial charge in [-0.2, -0.15) is 0 Å². The highest BCUT2D eigenvalue weighted by atomic mass is 16.6. The number of aliphatic hydroxyl groups excluding tert-OH is 2. The van der Waals surface area contributed by atoms with E-state index in [1.807, 2.05) is 13.1 Å². The van der Waals surface area contributed by atoms with Crippen LogP contribution in [-0.2, 0) is 16.6 Å². The maximum atomic E-state index is 11.0. The fourth-order valence-electron chi connectivity index (χ4n) is 6.79. The highest BCUT2D eigenvalue weighted by molar-refractivity contribution is 5.89. The number of aromatic nitrogens is 5. The number of aryl methyl sites for hydroxylation is 2. The van der Waals surface area contributed by atoms with Crippen LogP contribution in [0.5, 0.6) is 0 Å². The summed E-state index contributed by atoms with van der Waals surface area (Å²) in [6.45, 7) is 13.6. The molecule has 1 saturated carbocycles. The van der Waals surface area contributed by atoms with Crippen LogP contribution in [0.25, 0.3) is 22.1 Å². The minimum Gasteiger partial charge on any atom is -0.387 e. The Morgan fingerprint density at radius 2 is 1.93 bits per heavy atom. The first kappa shape index (κ1) is 29.0. The van der Waals surface area contributed by atoms with Crippen LogP contribution < -0.4 is 5.73 Å². The largest absolute Gasteiger partial charge is 0.387 e. The lowest BCUT2D eigenvalue weighted by atomic mass is 9.76. The van der Waals surface area contributed by atoms with Crippen molar-refractivity contribution >= 4 is 27.9 Å². The molecule has 10 heteroatoms. The number of aromatic amines is 1. The lowest BCUT2D eigenvalue weighted by Gasteiger charge is -2.46. The van der Waals surface area contributed by atoms with Gasteiger partial charge in [0.2, 0.25) is 0 Å². The van der Waals surface area contributed by atoms with Crippen LogP contribution in [0.2, 0.25) is 0 Å². The lowest BCUT2D eigenvalue weighted by Crippen LogP contribution is -2.52. The van der Waals surface area contributed by atoms with Crippen LogP contribution in [-0.4, -0.2) is 76.6 Å². The van der Waals surface area contributed by atoms with E-state index in [2.05, 4.69) is 72.7 Å². The summed E-state index contributed by atoms with van der Waals surface area (Å²) in [6, 6.07) is 7.25. The van der Waals surface area contributed by atoms with Crippen LogP contribution in [0.15, 0.2) is 30.7 Å². The summed E-state index contributed by atoms with van der Waals surface area (Å²) in [7, 11) is 0. The van der Waals surface area contributed by atoms with E-state index in [0.717, 1.165) is 53.5 Å². The summed E-state index contributed by atoms with van der Waals surface area (Å²) < 4.78 is 8.11. The highest BCUT2D eigenvalue weighted by Gasteiger charge is 2.46. The monoisotopic (exact) mass is 575 g/mol. The number of fused-ring (bicyclic) bond motifs is 2. The molecule has 5 N–H and O–H groups in total. The zero-order valence-electron chi connectivity index (χ0n) is 25.6. The molecule has 10 nitrogen and oxygen atoms in total. The second-order valence-corrected chi connectivity index (χ2v) is 13.7. The van der Waals surface area contributed by atoms with Crippen molar-refractivity contribution < 1.29 is 14.9 Å². The molecular weight excluding hydrogens is 530 g/mol. The highest BCUT2D eigenvalue weighted by Crippen LogP contribution is 2.39. The predicted octanol–water partition coefficient (Wildman–Crippen LogP) is 4.24. The first-order valence-electron chi connectivity index (χ1n) is 15.2. The van der Waals surface area contributed by atoms with Crippen molar-refractivity contribution in [2.75, 3.05) is 12.3 Å². The van der Waals surface area contributed by atoms with Crippen LogP contribution in [0, 0.1) is 12.8 Å². The number of nitrogens with one attached hydrogen (secondary N) is 1. The van der Waals surface area contributed by atoms with E-state index in [1.165, 1.54) is 11.9 Å². The molecule has 2 aliphatic rings. The van der Waals surface area contributed by atoms with Crippen LogP contribution in [0.4, 0.5) is 5.82 Å². The summed E-state index contributed by atoms with van der Waals surface area (Å²) >= 11 is 0. The molecule has 0 bridgehead atoms. The first-order chi connectivity index (χ1) is 19.9. The Hall–Kier alpha value is -3.05. The van der Waals surface area contributed by atoms with Crippen molar-refractivity contribution in [1.82, 2.24) is 29.4 Å². The lowest BCUT2D eigenvalue weighted by molar-refractivity contribution is -0.0619. The molecule has 1 saturated heterocycles. The van der Waals surface area contributed by atoms with Gasteiger partial charge in [-0.3, -0.25) is 4.90 Å². The zero-order valence-corrected chi connectivity index (χ0v) is 25.6. The first-order valence-corrected chi connectivity index (χ1v) is 15.2. The average Bonchev–Trinajstić information content (AvgIpc) is 3.55. The van der Waals surface area contributed by atoms with Gasteiger partial charge in [0.1, 0.15) is 41.9 Å². The van der Waals surface area contributed by atoms with Crippen LogP contribution in [0.3, 0.4) is 0 Å². The SMILES string of the molecule is Cc1cn(C2OC(CN(C(C)C)C3CC(CCc4nc5ccc(C(C)(C)C)cc5[nH]4)C3)C(O)C2O)c2ncnc(N)c12. The molecule has 2 fully saturated rings. The van der Waals surface area contributed by atoms with Gasteiger partial charge in [0.05, 0.1) is 16.4 Å². The summed E-state index contributed by atoms with van der Waals surface area (Å²) in [4.78, 5) is 19.3. The van der Waals surface area contributed by atoms with Gasteiger partial charge in [0.25, 0.3) is 0 Å². The van der Waals surface area contributed by atoms with Gasteiger partial charge in [-0.05, 0) is 74.6 Å². The van der Waals surface area contributed by atoms with E-state index in [9.17, 15) is 10.2 Å². The number of hydrogen-bond donors (Lipinski definition) is 4. The van der Waals surface area contributed by atoms with Gasteiger partial charge in [0.15, 0.2) is 6.23 Å². The Balaban J connectivity index is 1.07. The number of nitrogens with zero attached hydrogens (tertiary/aromatic N) is 5. The molecule has 0 spiro atoms. The van der Waals surface area contributed by atoms with Gasteiger partial charge in [-0.25, -0.2) is 15.0 Å². The molecule has 4 unspecified atom stereocenters. The van der Waals surface area contributed by atoms with Crippen molar-refractivity contribution in [1.29, 1.82) is 0 Å². The quantitative estimate of drug-likeness (QED) is 0.245. The normalized spacial score (nSPS) is 26.6. The molecule has 1 aliphatic heterocycles.